The smallest absolute Gasteiger partial charge is 0.248 e. The maximum atomic E-state index is 12.2. The van der Waals surface area contributed by atoms with Crippen LogP contribution in [0.25, 0.3) is 11.4 Å². The van der Waals surface area contributed by atoms with Crippen molar-refractivity contribution < 1.29 is 9.59 Å². The number of nitrogens with zero attached hydrogens (tertiary/aromatic N) is 5. The van der Waals surface area contributed by atoms with Crippen LogP contribution in [0.1, 0.15) is 29.6 Å². The third-order valence-electron chi connectivity index (χ3n) is 3.87. The van der Waals surface area contributed by atoms with E-state index in [0.717, 1.165) is 25.9 Å². The van der Waals surface area contributed by atoms with Gasteiger partial charge in [0.25, 0.3) is 0 Å². The number of rotatable bonds is 4. The summed E-state index contributed by atoms with van der Waals surface area (Å²) in [6, 6.07) is 6.62. The molecule has 1 saturated heterocycles. The molecule has 0 atom stereocenters. The van der Waals surface area contributed by atoms with E-state index >= 15 is 0 Å². The van der Waals surface area contributed by atoms with E-state index in [2.05, 4.69) is 15.4 Å². The minimum Gasteiger partial charge on any atom is -0.366 e. The molecule has 0 saturated carbocycles. The first-order valence-corrected chi connectivity index (χ1v) is 7.59. The van der Waals surface area contributed by atoms with Crippen LogP contribution in [0.5, 0.6) is 0 Å². The molecule has 1 aliphatic rings. The lowest BCUT2D eigenvalue weighted by atomic mass is 10.1. The van der Waals surface area contributed by atoms with Gasteiger partial charge in [-0.1, -0.05) is 12.1 Å². The van der Waals surface area contributed by atoms with E-state index in [-0.39, 0.29) is 12.5 Å². The second-order valence-electron chi connectivity index (χ2n) is 5.53. The number of aromatic nitrogens is 4. The number of hydrogen-bond acceptors (Lipinski definition) is 5. The number of likely N-dealkylation sites (tertiary alicyclic amines) is 1. The molecular weight excluding hydrogens is 296 g/mol. The number of nitrogens with two attached hydrogens (primary N) is 1. The molecule has 3 rings (SSSR count). The highest BCUT2D eigenvalue weighted by atomic mass is 16.2. The summed E-state index contributed by atoms with van der Waals surface area (Å²) < 4.78 is 0. The van der Waals surface area contributed by atoms with Crippen molar-refractivity contribution in [1.82, 2.24) is 25.1 Å². The lowest BCUT2D eigenvalue weighted by molar-refractivity contribution is -0.133. The molecule has 2 amide bonds. The average molecular weight is 314 g/mol. The van der Waals surface area contributed by atoms with Crippen LogP contribution in [0.3, 0.4) is 0 Å². The molecule has 1 aromatic heterocycles. The number of tetrazole rings is 1. The van der Waals surface area contributed by atoms with Gasteiger partial charge in [-0.15, -0.1) is 10.2 Å². The van der Waals surface area contributed by atoms with Crippen molar-refractivity contribution in [1.29, 1.82) is 0 Å². The van der Waals surface area contributed by atoms with E-state index < -0.39 is 5.91 Å². The monoisotopic (exact) mass is 314 g/mol. The van der Waals surface area contributed by atoms with Crippen molar-refractivity contribution in [3.8, 4) is 11.4 Å². The number of hydrogen-bond donors (Lipinski definition) is 1. The fourth-order valence-corrected chi connectivity index (χ4v) is 2.57. The number of carbonyl (C=O) groups is 2. The number of piperidine rings is 1. The van der Waals surface area contributed by atoms with Crippen molar-refractivity contribution in [3.05, 3.63) is 29.8 Å². The molecular formula is C15H18N6O2. The molecule has 0 bridgehead atoms. The molecule has 0 aliphatic carbocycles. The lowest BCUT2D eigenvalue weighted by Crippen LogP contribution is -2.38. The normalized spacial score (nSPS) is 14.7. The summed E-state index contributed by atoms with van der Waals surface area (Å²) in [6.45, 7) is 1.69. The van der Waals surface area contributed by atoms with Crippen LogP contribution in [-0.2, 0) is 11.3 Å². The SMILES string of the molecule is NC(=O)c1ccc(-c2nnn(CC(=O)N3CCCCC3)n2)cc1. The van der Waals surface area contributed by atoms with E-state index in [0.29, 0.717) is 17.0 Å². The Hall–Kier alpha value is -2.77. The van der Waals surface area contributed by atoms with Crippen molar-refractivity contribution in [2.75, 3.05) is 13.1 Å². The number of carbonyl (C=O) groups excluding carboxylic acids is 2. The molecule has 8 heteroatoms. The standard InChI is InChI=1S/C15H18N6O2/c16-14(23)11-4-6-12(7-5-11)15-17-19-21(18-15)10-13(22)20-8-2-1-3-9-20/h4-7H,1-3,8-10H2,(H2,16,23). The molecule has 2 heterocycles. The van der Waals surface area contributed by atoms with Crippen molar-refractivity contribution in [2.24, 2.45) is 5.73 Å². The van der Waals surface area contributed by atoms with Gasteiger partial charge in [0.2, 0.25) is 17.6 Å². The third kappa shape index (κ3) is 3.53. The first-order valence-electron chi connectivity index (χ1n) is 7.59. The van der Waals surface area contributed by atoms with E-state index in [1.807, 2.05) is 4.90 Å². The Labute approximate surface area is 133 Å². The third-order valence-corrected chi connectivity index (χ3v) is 3.87. The predicted molar refractivity (Wildman–Crippen MR) is 82.2 cm³/mol. The summed E-state index contributed by atoms with van der Waals surface area (Å²) in [5, 5.41) is 12.1. The summed E-state index contributed by atoms with van der Waals surface area (Å²) >= 11 is 0. The van der Waals surface area contributed by atoms with Crippen LogP contribution in [0.2, 0.25) is 0 Å². The lowest BCUT2D eigenvalue weighted by Gasteiger charge is -2.26. The Morgan fingerprint density at radius 3 is 2.43 bits per heavy atom. The van der Waals surface area contributed by atoms with E-state index in [1.54, 1.807) is 24.3 Å². The van der Waals surface area contributed by atoms with E-state index in [9.17, 15) is 9.59 Å². The van der Waals surface area contributed by atoms with Crippen molar-refractivity contribution >= 4 is 11.8 Å². The molecule has 1 aromatic carbocycles. The fourth-order valence-electron chi connectivity index (χ4n) is 2.57. The van der Waals surface area contributed by atoms with Gasteiger partial charge in [0.15, 0.2) is 0 Å². The summed E-state index contributed by atoms with van der Waals surface area (Å²) in [4.78, 5) is 26.4. The van der Waals surface area contributed by atoms with E-state index in [4.69, 9.17) is 5.73 Å². The van der Waals surface area contributed by atoms with E-state index in [1.165, 1.54) is 11.2 Å². The van der Waals surface area contributed by atoms with Crippen LogP contribution in [0.4, 0.5) is 0 Å². The van der Waals surface area contributed by atoms with Crippen molar-refractivity contribution in [3.63, 3.8) is 0 Å². The molecule has 0 unspecified atom stereocenters. The van der Waals surface area contributed by atoms with Gasteiger partial charge in [-0.3, -0.25) is 9.59 Å². The zero-order valence-corrected chi connectivity index (χ0v) is 12.7. The summed E-state index contributed by atoms with van der Waals surface area (Å²) in [5.74, 6) is -0.0644. The molecule has 2 N–H and O–H groups in total. The van der Waals surface area contributed by atoms with Gasteiger partial charge < -0.3 is 10.6 Å². The zero-order chi connectivity index (χ0) is 16.2. The quantitative estimate of drug-likeness (QED) is 0.881. The summed E-state index contributed by atoms with van der Waals surface area (Å²) in [5.41, 5.74) is 6.34. The summed E-state index contributed by atoms with van der Waals surface area (Å²) in [6.07, 6.45) is 3.28. The molecule has 23 heavy (non-hydrogen) atoms. The maximum absolute atomic E-state index is 12.2. The molecule has 2 aromatic rings. The second kappa shape index (κ2) is 6.55. The molecule has 0 radical (unpaired) electrons. The van der Waals surface area contributed by atoms with Gasteiger partial charge in [0.05, 0.1) is 0 Å². The highest BCUT2D eigenvalue weighted by Gasteiger charge is 2.18. The minimum absolute atomic E-state index is 0.0118. The predicted octanol–water partition coefficient (Wildman–Crippen LogP) is 0.451. The van der Waals surface area contributed by atoms with Gasteiger partial charge in [-0.2, -0.15) is 4.80 Å². The van der Waals surface area contributed by atoms with Gasteiger partial charge >= 0.3 is 0 Å². The molecule has 1 aliphatic heterocycles. The Morgan fingerprint density at radius 1 is 1.09 bits per heavy atom. The Balaban J connectivity index is 1.67. The van der Waals surface area contributed by atoms with Gasteiger partial charge in [0.1, 0.15) is 6.54 Å². The highest BCUT2D eigenvalue weighted by Crippen LogP contribution is 2.14. The Kier molecular flexibility index (Phi) is 4.31. The topological polar surface area (TPSA) is 107 Å². The Bertz CT molecular complexity index is 703. The fraction of sp³-hybridized carbons (Fsp3) is 0.400. The van der Waals surface area contributed by atoms with Gasteiger partial charge in [-0.25, -0.2) is 0 Å². The maximum Gasteiger partial charge on any atom is 0.248 e. The largest absolute Gasteiger partial charge is 0.366 e. The van der Waals surface area contributed by atoms with Crippen LogP contribution in [-0.4, -0.2) is 50.0 Å². The minimum atomic E-state index is -0.486. The average Bonchev–Trinajstić information content (AvgIpc) is 3.04. The molecule has 1 fully saturated rings. The highest BCUT2D eigenvalue weighted by molar-refractivity contribution is 5.93. The zero-order valence-electron chi connectivity index (χ0n) is 12.7. The first kappa shape index (κ1) is 15.1. The van der Waals surface area contributed by atoms with Crippen molar-refractivity contribution in [2.45, 2.75) is 25.8 Å². The molecule has 0 spiro atoms. The number of primary amides is 1. The van der Waals surface area contributed by atoms with Crippen LogP contribution in [0, 0.1) is 0 Å². The van der Waals surface area contributed by atoms with Crippen LogP contribution >= 0.6 is 0 Å². The molecule has 8 nitrogen and oxygen atoms in total. The van der Waals surface area contributed by atoms with Gasteiger partial charge in [-0.05, 0) is 36.6 Å². The first-order chi connectivity index (χ1) is 11.1. The number of amides is 2. The molecule has 120 valence electrons. The Morgan fingerprint density at radius 2 is 1.78 bits per heavy atom. The van der Waals surface area contributed by atoms with Gasteiger partial charge in [0, 0.05) is 24.2 Å². The van der Waals surface area contributed by atoms with Crippen LogP contribution < -0.4 is 5.73 Å². The summed E-state index contributed by atoms with van der Waals surface area (Å²) in [7, 11) is 0. The number of benzene rings is 1. The second-order valence-corrected chi connectivity index (χ2v) is 5.53. The van der Waals surface area contributed by atoms with Crippen LogP contribution in [0.15, 0.2) is 24.3 Å².